The van der Waals surface area contributed by atoms with Crippen molar-refractivity contribution >= 4 is 16.9 Å². The molecule has 0 saturated heterocycles. The molecular formula is C18H26N2O2. The van der Waals surface area contributed by atoms with Crippen LogP contribution < -0.4 is 5.73 Å². The van der Waals surface area contributed by atoms with Gasteiger partial charge in [-0.1, -0.05) is 34.1 Å². The van der Waals surface area contributed by atoms with Gasteiger partial charge in [-0.15, -0.1) is 0 Å². The third kappa shape index (κ3) is 3.02. The van der Waals surface area contributed by atoms with Crippen molar-refractivity contribution < 1.29 is 9.90 Å². The van der Waals surface area contributed by atoms with Gasteiger partial charge in [0, 0.05) is 24.7 Å². The van der Waals surface area contributed by atoms with Gasteiger partial charge in [-0.05, 0) is 35.1 Å². The van der Waals surface area contributed by atoms with Crippen molar-refractivity contribution in [1.82, 2.24) is 4.57 Å². The molecule has 0 fully saturated rings. The molecule has 0 aliphatic heterocycles. The zero-order valence-corrected chi connectivity index (χ0v) is 13.9. The maximum absolute atomic E-state index is 11.5. The summed E-state index contributed by atoms with van der Waals surface area (Å²) in [6.07, 6.45) is 4.12. The van der Waals surface area contributed by atoms with Crippen LogP contribution >= 0.6 is 0 Å². The zero-order valence-electron chi connectivity index (χ0n) is 13.9. The summed E-state index contributed by atoms with van der Waals surface area (Å²) in [6, 6.07) is 3.62. The molecule has 0 spiro atoms. The Kier molecular flexibility index (Phi) is 4.61. The number of nitrogens with two attached hydrogens (primary N) is 1. The zero-order chi connectivity index (χ0) is 16.5. The summed E-state index contributed by atoms with van der Waals surface area (Å²) >= 11 is 0. The maximum Gasteiger partial charge on any atom is 0.335 e. The van der Waals surface area contributed by atoms with Crippen LogP contribution in [0.3, 0.4) is 0 Å². The lowest BCUT2D eigenvalue weighted by Gasteiger charge is -2.22. The summed E-state index contributed by atoms with van der Waals surface area (Å²) in [5.74, 6) is -0.874. The van der Waals surface area contributed by atoms with Crippen LogP contribution in [0.2, 0.25) is 0 Å². The van der Waals surface area contributed by atoms with Gasteiger partial charge in [-0.25, -0.2) is 4.79 Å². The van der Waals surface area contributed by atoms with Gasteiger partial charge >= 0.3 is 5.97 Å². The second kappa shape index (κ2) is 6.13. The minimum Gasteiger partial charge on any atom is -0.478 e. The Morgan fingerprint density at radius 3 is 2.50 bits per heavy atom. The Morgan fingerprint density at radius 2 is 2.00 bits per heavy atom. The molecule has 0 atom stereocenters. The molecule has 4 heteroatoms. The first-order valence-electron chi connectivity index (χ1n) is 7.89. The second-order valence-corrected chi connectivity index (χ2v) is 6.86. The Morgan fingerprint density at radius 1 is 1.32 bits per heavy atom. The molecule has 4 nitrogen and oxygen atoms in total. The highest BCUT2D eigenvalue weighted by atomic mass is 16.4. The van der Waals surface area contributed by atoms with E-state index in [1.165, 1.54) is 5.56 Å². The fourth-order valence-corrected chi connectivity index (χ4v) is 2.99. The van der Waals surface area contributed by atoms with E-state index in [4.69, 9.17) is 5.73 Å². The topological polar surface area (TPSA) is 68.2 Å². The summed E-state index contributed by atoms with van der Waals surface area (Å²) in [5, 5.41) is 10.5. The number of aromatic nitrogens is 1. The number of carboxylic acids is 1. The number of aryl methyl sites for hydroxylation is 1. The van der Waals surface area contributed by atoms with Crippen molar-refractivity contribution in [2.24, 2.45) is 5.73 Å². The van der Waals surface area contributed by atoms with E-state index in [2.05, 4.69) is 38.5 Å². The van der Waals surface area contributed by atoms with Crippen molar-refractivity contribution in [3.05, 3.63) is 35.0 Å². The lowest BCUT2D eigenvalue weighted by molar-refractivity contribution is 0.0697. The normalized spacial score (nSPS) is 12.0. The van der Waals surface area contributed by atoms with Crippen molar-refractivity contribution in [1.29, 1.82) is 0 Å². The molecule has 1 heterocycles. The van der Waals surface area contributed by atoms with Crippen LogP contribution in [0.15, 0.2) is 18.3 Å². The van der Waals surface area contributed by atoms with Crippen LogP contribution in [-0.4, -0.2) is 22.2 Å². The maximum atomic E-state index is 11.5. The fraction of sp³-hybridized carbons (Fsp3) is 0.500. The average molecular weight is 302 g/mol. The molecule has 120 valence electrons. The SMILES string of the molecule is CCCc1cn(CCN)c2c(C(C)(C)C)cc(C(=O)O)cc12. The molecular weight excluding hydrogens is 276 g/mol. The quantitative estimate of drug-likeness (QED) is 0.887. The van der Waals surface area contributed by atoms with Gasteiger partial charge in [-0.2, -0.15) is 0 Å². The fourth-order valence-electron chi connectivity index (χ4n) is 2.99. The van der Waals surface area contributed by atoms with Gasteiger partial charge in [-0.3, -0.25) is 0 Å². The van der Waals surface area contributed by atoms with E-state index >= 15 is 0 Å². The smallest absolute Gasteiger partial charge is 0.335 e. The van der Waals surface area contributed by atoms with E-state index < -0.39 is 5.97 Å². The van der Waals surface area contributed by atoms with E-state index in [0.29, 0.717) is 12.1 Å². The van der Waals surface area contributed by atoms with Crippen LogP contribution in [0.1, 0.15) is 55.6 Å². The Bertz CT molecular complexity index is 693. The molecule has 2 aromatic rings. The first-order valence-corrected chi connectivity index (χ1v) is 7.89. The molecule has 0 bridgehead atoms. The summed E-state index contributed by atoms with van der Waals surface area (Å²) < 4.78 is 2.19. The number of carbonyl (C=O) groups is 1. The van der Waals surface area contributed by atoms with Crippen molar-refractivity contribution in [2.75, 3.05) is 6.54 Å². The number of fused-ring (bicyclic) bond motifs is 1. The standard InChI is InChI=1S/C18H26N2O2/c1-5-6-12-11-20(8-7-19)16-14(12)9-13(17(21)22)10-15(16)18(2,3)4/h9-11H,5-8,19H2,1-4H3,(H,21,22). The Hall–Kier alpha value is -1.81. The van der Waals surface area contributed by atoms with E-state index in [-0.39, 0.29) is 5.41 Å². The van der Waals surface area contributed by atoms with E-state index in [9.17, 15) is 9.90 Å². The van der Waals surface area contributed by atoms with Crippen molar-refractivity contribution in [3.8, 4) is 0 Å². The monoisotopic (exact) mass is 302 g/mol. The minimum absolute atomic E-state index is 0.127. The molecule has 22 heavy (non-hydrogen) atoms. The molecule has 2 rings (SSSR count). The van der Waals surface area contributed by atoms with Gasteiger partial charge < -0.3 is 15.4 Å². The summed E-state index contributed by atoms with van der Waals surface area (Å²) in [5.41, 5.74) is 9.40. The molecule has 3 N–H and O–H groups in total. The molecule has 0 saturated carbocycles. The number of carboxylic acid groups (broad SMARTS) is 1. The average Bonchev–Trinajstić information content (AvgIpc) is 2.76. The Labute approximate surface area is 131 Å². The number of rotatable bonds is 5. The van der Waals surface area contributed by atoms with Crippen LogP contribution in [0.4, 0.5) is 0 Å². The van der Waals surface area contributed by atoms with Crippen molar-refractivity contribution in [2.45, 2.75) is 52.5 Å². The molecule has 0 aliphatic rings. The number of hydrogen-bond donors (Lipinski definition) is 2. The van der Waals surface area contributed by atoms with Crippen molar-refractivity contribution in [3.63, 3.8) is 0 Å². The summed E-state index contributed by atoms with van der Waals surface area (Å²) in [6.45, 7) is 9.80. The number of aromatic carboxylic acids is 1. The van der Waals surface area contributed by atoms with Crippen LogP contribution in [-0.2, 0) is 18.4 Å². The highest BCUT2D eigenvalue weighted by Gasteiger charge is 2.23. The second-order valence-electron chi connectivity index (χ2n) is 6.86. The van der Waals surface area contributed by atoms with Crippen LogP contribution in [0.5, 0.6) is 0 Å². The minimum atomic E-state index is -0.874. The predicted molar refractivity (Wildman–Crippen MR) is 90.6 cm³/mol. The van der Waals surface area contributed by atoms with Crippen LogP contribution in [0, 0.1) is 0 Å². The van der Waals surface area contributed by atoms with E-state index in [1.807, 2.05) is 12.1 Å². The van der Waals surface area contributed by atoms with Crippen LogP contribution in [0.25, 0.3) is 10.9 Å². The first kappa shape index (κ1) is 16.6. The third-order valence-electron chi connectivity index (χ3n) is 4.00. The largest absolute Gasteiger partial charge is 0.478 e. The van der Waals surface area contributed by atoms with E-state index in [1.54, 1.807) is 0 Å². The predicted octanol–water partition coefficient (Wildman–Crippen LogP) is 3.55. The van der Waals surface area contributed by atoms with E-state index in [0.717, 1.165) is 35.9 Å². The first-order chi connectivity index (χ1) is 10.3. The van der Waals surface area contributed by atoms with Gasteiger partial charge in [0.05, 0.1) is 11.1 Å². The third-order valence-corrected chi connectivity index (χ3v) is 4.00. The summed E-state index contributed by atoms with van der Waals surface area (Å²) in [4.78, 5) is 11.5. The molecule has 0 radical (unpaired) electrons. The Balaban J connectivity index is 2.85. The number of benzene rings is 1. The number of nitrogens with zero attached hydrogens (tertiary/aromatic N) is 1. The lowest BCUT2D eigenvalue weighted by Crippen LogP contribution is -2.16. The van der Waals surface area contributed by atoms with Gasteiger partial charge in [0.25, 0.3) is 0 Å². The molecule has 1 aromatic heterocycles. The molecule has 0 aliphatic carbocycles. The summed E-state index contributed by atoms with van der Waals surface area (Å²) in [7, 11) is 0. The van der Waals surface area contributed by atoms with Gasteiger partial charge in [0.1, 0.15) is 0 Å². The highest BCUT2D eigenvalue weighted by molar-refractivity contribution is 5.97. The van der Waals surface area contributed by atoms with Gasteiger partial charge in [0.15, 0.2) is 0 Å². The van der Waals surface area contributed by atoms with Gasteiger partial charge in [0.2, 0.25) is 0 Å². The lowest BCUT2D eigenvalue weighted by atomic mass is 9.84. The molecule has 0 amide bonds. The molecule has 0 unspecified atom stereocenters. The molecule has 1 aromatic carbocycles. The number of hydrogen-bond acceptors (Lipinski definition) is 2. The highest BCUT2D eigenvalue weighted by Crippen LogP contribution is 2.34.